The van der Waals surface area contributed by atoms with Crippen molar-refractivity contribution >= 4 is 17.5 Å². The van der Waals surface area contributed by atoms with Gasteiger partial charge in [0.25, 0.3) is 5.78 Å². The Kier molecular flexibility index (Phi) is 4.03. The number of hydrogen-bond acceptors (Lipinski definition) is 4. The van der Waals surface area contributed by atoms with Gasteiger partial charge in [0.2, 0.25) is 5.67 Å². The van der Waals surface area contributed by atoms with E-state index in [9.17, 15) is 23.9 Å². The summed E-state index contributed by atoms with van der Waals surface area (Å²) in [7, 11) is 0. The first-order valence-corrected chi connectivity index (χ1v) is 9.70. The topological polar surface area (TPSA) is 91.7 Å². The number of hydrogen-bond donors (Lipinski definition) is 2. The highest BCUT2D eigenvalue weighted by Crippen LogP contribution is 2.68. The number of aliphatic hydroxyl groups excluding tert-OH is 1. The number of carboxylic acid groups (broad SMARTS) is 1. The second-order valence-electron chi connectivity index (χ2n) is 9.26. The van der Waals surface area contributed by atoms with Gasteiger partial charge in [0, 0.05) is 16.7 Å². The molecule has 3 saturated carbocycles. The molecule has 0 bridgehead atoms. The fourth-order valence-corrected chi connectivity index (χ4v) is 6.83. The smallest absolute Gasteiger partial charge is 0.375 e. The number of alkyl halides is 2. The van der Waals surface area contributed by atoms with Gasteiger partial charge in [-0.25, -0.2) is 13.6 Å². The van der Waals surface area contributed by atoms with Crippen LogP contribution in [0.25, 0.3) is 0 Å². The molecule has 0 saturated heterocycles. The molecule has 28 heavy (non-hydrogen) atoms. The number of Topliss-reactive ketones (excluding diaryl/α,β-unsaturated/α-hetero) is 1. The number of ketones is 2. The number of carbonyl (C=O) groups is 3. The lowest BCUT2D eigenvalue weighted by atomic mass is 9.46. The highest BCUT2D eigenvalue weighted by molar-refractivity contribution is 6.36. The molecule has 0 radical (unpaired) electrons. The van der Waals surface area contributed by atoms with E-state index in [0.29, 0.717) is 12.8 Å². The van der Waals surface area contributed by atoms with Gasteiger partial charge >= 0.3 is 5.97 Å². The Bertz CT molecular complexity index is 835. The summed E-state index contributed by atoms with van der Waals surface area (Å²) in [6.07, 6.45) is 2.23. The molecular formula is C21H24F2O5. The second-order valence-corrected chi connectivity index (χ2v) is 9.26. The molecular weight excluding hydrogens is 370 g/mol. The summed E-state index contributed by atoms with van der Waals surface area (Å²) in [5, 5.41) is 20.1. The number of aliphatic carboxylic acids is 1. The van der Waals surface area contributed by atoms with E-state index in [1.165, 1.54) is 13.0 Å². The van der Waals surface area contributed by atoms with E-state index in [-0.39, 0.29) is 30.5 Å². The number of rotatable bonds is 2. The number of carboxylic acids is 1. The first-order valence-electron chi connectivity index (χ1n) is 9.70. The average Bonchev–Trinajstić information content (AvgIpc) is 2.82. The van der Waals surface area contributed by atoms with Gasteiger partial charge in [-0.1, -0.05) is 25.5 Å². The zero-order chi connectivity index (χ0) is 20.6. The zero-order valence-electron chi connectivity index (χ0n) is 15.8. The van der Waals surface area contributed by atoms with Crippen molar-refractivity contribution in [3.05, 3.63) is 23.8 Å². The Balaban J connectivity index is 1.78. The van der Waals surface area contributed by atoms with E-state index in [2.05, 4.69) is 0 Å². The van der Waals surface area contributed by atoms with E-state index in [1.807, 2.05) is 6.92 Å². The van der Waals surface area contributed by atoms with Crippen LogP contribution in [0.15, 0.2) is 23.8 Å². The van der Waals surface area contributed by atoms with E-state index in [0.717, 1.165) is 5.57 Å². The van der Waals surface area contributed by atoms with Crippen molar-refractivity contribution in [2.75, 3.05) is 0 Å². The molecule has 7 heteroatoms. The van der Waals surface area contributed by atoms with Crippen molar-refractivity contribution in [3.8, 4) is 0 Å². The van der Waals surface area contributed by atoms with E-state index in [1.54, 1.807) is 12.2 Å². The molecule has 0 aromatic rings. The molecule has 0 heterocycles. The minimum atomic E-state index is -3.15. The van der Waals surface area contributed by atoms with Crippen LogP contribution in [0.5, 0.6) is 0 Å². The molecule has 3 fully saturated rings. The molecule has 2 N–H and O–H groups in total. The van der Waals surface area contributed by atoms with Gasteiger partial charge < -0.3 is 10.2 Å². The first-order chi connectivity index (χ1) is 13.0. The summed E-state index contributed by atoms with van der Waals surface area (Å²) in [4.78, 5) is 35.2. The molecule has 4 aliphatic rings. The quantitative estimate of drug-likeness (QED) is 0.703. The van der Waals surface area contributed by atoms with Crippen LogP contribution in [0, 0.1) is 28.6 Å². The van der Waals surface area contributed by atoms with Crippen molar-refractivity contribution in [2.45, 2.75) is 57.5 Å². The van der Waals surface area contributed by atoms with Crippen LogP contribution in [-0.4, -0.2) is 45.7 Å². The fourth-order valence-electron chi connectivity index (χ4n) is 6.83. The summed E-state index contributed by atoms with van der Waals surface area (Å²) in [5.74, 6) is -5.04. The van der Waals surface area contributed by atoms with Crippen molar-refractivity contribution in [1.29, 1.82) is 0 Å². The highest BCUT2D eigenvalue weighted by Gasteiger charge is 2.74. The number of halogens is 2. The number of aliphatic hydroxyl groups is 1. The summed E-state index contributed by atoms with van der Waals surface area (Å²) >= 11 is 0. The Morgan fingerprint density at radius 1 is 1.29 bits per heavy atom. The van der Waals surface area contributed by atoms with Gasteiger partial charge in [-0.3, -0.25) is 9.59 Å². The van der Waals surface area contributed by atoms with Crippen molar-refractivity contribution in [1.82, 2.24) is 0 Å². The van der Waals surface area contributed by atoms with Crippen LogP contribution in [0.1, 0.15) is 39.5 Å². The molecule has 4 aliphatic carbocycles. The lowest BCUT2D eigenvalue weighted by Gasteiger charge is -2.58. The monoisotopic (exact) mass is 394 g/mol. The maximum atomic E-state index is 15.8. The third-order valence-corrected chi connectivity index (χ3v) is 8.13. The average molecular weight is 394 g/mol. The maximum absolute atomic E-state index is 15.8. The highest BCUT2D eigenvalue weighted by atomic mass is 19.2. The van der Waals surface area contributed by atoms with E-state index in [4.69, 9.17) is 5.11 Å². The third-order valence-electron chi connectivity index (χ3n) is 8.13. The molecule has 0 amide bonds. The Labute approximate surface area is 161 Å². The molecule has 4 rings (SSSR count). The Morgan fingerprint density at radius 2 is 1.96 bits per heavy atom. The van der Waals surface area contributed by atoms with Crippen LogP contribution in [0.4, 0.5) is 8.78 Å². The molecule has 0 aromatic carbocycles. The molecule has 5 nitrogen and oxygen atoms in total. The standard InChI is InChI=1S/C21H24F2O5/c1-19-6-5-11(24)7-10(19)3-4-12-13-8-15(22)21(23,17(26)18(27)28)20(13,2)9-14(25)16(12)19/h5-7,12-16,25H,3-4,8-9H2,1-2H3,(H,27,28)/t12-,13-,14-,15?,16+,19-,20-,21-/m0/s1. The summed E-state index contributed by atoms with van der Waals surface area (Å²) in [6.45, 7) is 3.34. The predicted molar refractivity (Wildman–Crippen MR) is 94.8 cm³/mol. The van der Waals surface area contributed by atoms with Gasteiger partial charge in [-0.2, -0.15) is 0 Å². The molecule has 0 aliphatic heterocycles. The summed E-state index contributed by atoms with van der Waals surface area (Å²) in [6, 6.07) is 0. The zero-order valence-corrected chi connectivity index (χ0v) is 15.8. The van der Waals surface area contributed by atoms with Crippen LogP contribution in [0.2, 0.25) is 0 Å². The minimum absolute atomic E-state index is 0.111. The third kappa shape index (κ3) is 2.17. The van der Waals surface area contributed by atoms with Gasteiger partial charge in [0.1, 0.15) is 6.17 Å². The Hall–Kier alpha value is -1.89. The van der Waals surface area contributed by atoms with Crippen molar-refractivity contribution in [3.63, 3.8) is 0 Å². The number of fused-ring (bicyclic) bond motifs is 5. The predicted octanol–water partition coefficient (Wildman–Crippen LogP) is 2.58. The molecule has 8 atom stereocenters. The fraction of sp³-hybridized carbons (Fsp3) is 0.667. The van der Waals surface area contributed by atoms with Gasteiger partial charge in [-0.15, -0.1) is 0 Å². The van der Waals surface area contributed by atoms with Crippen LogP contribution in [0.3, 0.4) is 0 Å². The van der Waals surface area contributed by atoms with Gasteiger partial charge in [-0.05, 0) is 49.7 Å². The number of carbonyl (C=O) groups excluding carboxylic acids is 2. The second kappa shape index (κ2) is 5.81. The maximum Gasteiger partial charge on any atom is 0.375 e. The first kappa shape index (κ1) is 19.4. The molecule has 0 aromatic heterocycles. The van der Waals surface area contributed by atoms with Crippen LogP contribution < -0.4 is 0 Å². The van der Waals surface area contributed by atoms with Crippen LogP contribution in [-0.2, 0) is 14.4 Å². The lowest BCUT2D eigenvalue weighted by Crippen LogP contribution is -2.62. The Morgan fingerprint density at radius 3 is 2.61 bits per heavy atom. The molecule has 0 spiro atoms. The normalized spacial score (nSPS) is 49.7. The molecule has 152 valence electrons. The largest absolute Gasteiger partial charge is 0.475 e. The lowest BCUT2D eigenvalue weighted by molar-refractivity contribution is -0.174. The van der Waals surface area contributed by atoms with Gasteiger partial charge in [0.15, 0.2) is 5.78 Å². The SMILES string of the molecule is C[C@]12C=CC(=O)C=C1CC[C@@H]1[C@@H]2[C@@H](O)C[C@@]2(C)[C@H]1CC(F)[C@]2(F)C(=O)C(=O)O. The van der Waals surface area contributed by atoms with Crippen molar-refractivity contribution < 1.29 is 33.4 Å². The van der Waals surface area contributed by atoms with Crippen molar-refractivity contribution in [2.24, 2.45) is 28.6 Å². The minimum Gasteiger partial charge on any atom is -0.475 e. The number of allylic oxidation sites excluding steroid dienone is 4. The van der Waals surface area contributed by atoms with Crippen LogP contribution >= 0.6 is 0 Å². The van der Waals surface area contributed by atoms with E-state index < -0.39 is 46.4 Å². The molecule has 1 unspecified atom stereocenters. The summed E-state index contributed by atoms with van der Waals surface area (Å²) in [5.41, 5.74) is -4.42. The van der Waals surface area contributed by atoms with E-state index >= 15 is 4.39 Å². The van der Waals surface area contributed by atoms with Gasteiger partial charge in [0.05, 0.1) is 6.10 Å². The summed E-state index contributed by atoms with van der Waals surface area (Å²) < 4.78 is 30.7.